The first-order chi connectivity index (χ1) is 12.7. The lowest BCUT2D eigenvalue weighted by Gasteiger charge is -2.32. The van der Waals surface area contributed by atoms with E-state index in [1.807, 2.05) is 24.3 Å². The van der Waals surface area contributed by atoms with E-state index in [1.165, 1.54) is 16.9 Å². The Labute approximate surface area is 161 Å². The zero-order valence-corrected chi connectivity index (χ0v) is 15.7. The van der Waals surface area contributed by atoms with E-state index in [9.17, 15) is 0 Å². The molecule has 7 heteroatoms. The fourth-order valence-electron chi connectivity index (χ4n) is 3.37. The number of hydrogen-bond acceptors (Lipinski definition) is 6. The molecule has 0 spiro atoms. The van der Waals surface area contributed by atoms with Gasteiger partial charge in [0.2, 0.25) is 0 Å². The van der Waals surface area contributed by atoms with Crippen molar-refractivity contribution in [2.24, 2.45) is 0 Å². The maximum atomic E-state index is 9.03. The quantitative estimate of drug-likeness (QED) is 0.727. The minimum Gasteiger partial charge on any atom is -0.367 e. The maximum absolute atomic E-state index is 9.03. The van der Waals surface area contributed by atoms with Crippen LogP contribution in [0.5, 0.6) is 0 Å². The molecule has 3 aromatic rings. The number of nitrogens with zero attached hydrogens (tertiary/aromatic N) is 4. The van der Waals surface area contributed by atoms with Crippen molar-refractivity contribution in [3.8, 4) is 6.07 Å². The second-order valence-corrected chi connectivity index (χ2v) is 8.16. The van der Waals surface area contributed by atoms with E-state index in [1.54, 1.807) is 6.33 Å². The van der Waals surface area contributed by atoms with Crippen molar-refractivity contribution in [3.05, 3.63) is 52.1 Å². The standard InChI is InChI=1S/C19H18ClN5S/c20-17-9-16-18(22-12-23-19(16)26-17)24-15-4-6-25(7-5-15)11-14-3-1-2-13(8-14)10-21/h1-3,8-9,12,15H,4-7,11H2,(H,22,23,24). The van der Waals surface area contributed by atoms with Crippen LogP contribution in [-0.4, -0.2) is 34.0 Å². The van der Waals surface area contributed by atoms with Crippen molar-refractivity contribution in [2.75, 3.05) is 18.4 Å². The summed E-state index contributed by atoms with van der Waals surface area (Å²) in [6.07, 6.45) is 3.71. The van der Waals surface area contributed by atoms with Crippen molar-refractivity contribution < 1.29 is 0 Å². The highest BCUT2D eigenvalue weighted by Crippen LogP contribution is 2.32. The number of likely N-dealkylation sites (tertiary alicyclic amines) is 1. The Kier molecular flexibility index (Phi) is 5.02. The van der Waals surface area contributed by atoms with Gasteiger partial charge < -0.3 is 5.32 Å². The molecule has 1 fully saturated rings. The molecular weight excluding hydrogens is 366 g/mol. The van der Waals surface area contributed by atoms with Gasteiger partial charge in [0.1, 0.15) is 17.0 Å². The SMILES string of the molecule is N#Cc1cccc(CN2CCC(Nc3ncnc4sc(Cl)cc34)CC2)c1. The topological polar surface area (TPSA) is 64.8 Å². The minimum absolute atomic E-state index is 0.397. The first-order valence-electron chi connectivity index (χ1n) is 8.59. The zero-order chi connectivity index (χ0) is 17.9. The molecular formula is C19H18ClN5S. The van der Waals surface area contributed by atoms with Crippen molar-refractivity contribution in [1.82, 2.24) is 14.9 Å². The first-order valence-corrected chi connectivity index (χ1v) is 9.79. The molecule has 0 unspecified atom stereocenters. The van der Waals surface area contributed by atoms with E-state index in [-0.39, 0.29) is 0 Å². The number of fused-ring (bicyclic) bond motifs is 1. The Hall–Kier alpha value is -2.20. The van der Waals surface area contributed by atoms with Crippen LogP contribution in [0.25, 0.3) is 10.2 Å². The molecule has 4 rings (SSSR count). The number of nitrogens with one attached hydrogen (secondary N) is 1. The van der Waals surface area contributed by atoms with Crippen LogP contribution < -0.4 is 5.32 Å². The molecule has 2 aromatic heterocycles. The van der Waals surface area contributed by atoms with Crippen molar-refractivity contribution in [2.45, 2.75) is 25.4 Å². The second kappa shape index (κ2) is 7.58. The third-order valence-corrected chi connectivity index (χ3v) is 5.86. The van der Waals surface area contributed by atoms with Gasteiger partial charge in [0.15, 0.2) is 0 Å². The van der Waals surface area contributed by atoms with E-state index in [2.05, 4.69) is 32.3 Å². The number of thiophene rings is 1. The van der Waals surface area contributed by atoms with Crippen molar-refractivity contribution in [1.29, 1.82) is 5.26 Å². The highest BCUT2D eigenvalue weighted by atomic mass is 35.5. The summed E-state index contributed by atoms with van der Waals surface area (Å²) in [6.45, 7) is 2.93. The number of piperidine rings is 1. The van der Waals surface area contributed by atoms with E-state index in [0.29, 0.717) is 6.04 Å². The number of anilines is 1. The number of aromatic nitrogens is 2. The van der Waals surface area contributed by atoms with Crippen molar-refractivity contribution in [3.63, 3.8) is 0 Å². The van der Waals surface area contributed by atoms with Crippen LogP contribution >= 0.6 is 22.9 Å². The summed E-state index contributed by atoms with van der Waals surface area (Å²) >= 11 is 7.59. The zero-order valence-electron chi connectivity index (χ0n) is 14.2. The van der Waals surface area contributed by atoms with Crippen LogP contribution in [0.3, 0.4) is 0 Å². The molecule has 1 saturated heterocycles. The van der Waals surface area contributed by atoms with E-state index in [0.717, 1.165) is 58.4 Å². The highest BCUT2D eigenvalue weighted by Gasteiger charge is 2.20. The average molecular weight is 384 g/mol. The van der Waals surface area contributed by atoms with Gasteiger partial charge in [0.05, 0.1) is 21.4 Å². The summed E-state index contributed by atoms with van der Waals surface area (Å²) < 4.78 is 0.734. The van der Waals surface area contributed by atoms with E-state index < -0.39 is 0 Å². The van der Waals surface area contributed by atoms with Crippen LogP contribution in [-0.2, 0) is 6.54 Å². The number of halogens is 1. The molecule has 0 amide bonds. The molecule has 132 valence electrons. The summed E-state index contributed by atoms with van der Waals surface area (Å²) in [5, 5.41) is 13.6. The summed E-state index contributed by atoms with van der Waals surface area (Å²) in [7, 11) is 0. The molecule has 0 bridgehead atoms. The summed E-state index contributed by atoms with van der Waals surface area (Å²) in [6, 6.07) is 12.4. The monoisotopic (exact) mass is 383 g/mol. The Morgan fingerprint density at radius 2 is 2.12 bits per heavy atom. The van der Waals surface area contributed by atoms with Gasteiger partial charge in [-0.25, -0.2) is 9.97 Å². The van der Waals surface area contributed by atoms with Crippen LogP contribution in [0.1, 0.15) is 24.0 Å². The Morgan fingerprint density at radius 1 is 1.27 bits per heavy atom. The van der Waals surface area contributed by atoms with Gasteiger partial charge in [0.25, 0.3) is 0 Å². The van der Waals surface area contributed by atoms with Crippen molar-refractivity contribution >= 4 is 39.0 Å². The highest BCUT2D eigenvalue weighted by molar-refractivity contribution is 7.22. The molecule has 0 aliphatic carbocycles. The third kappa shape index (κ3) is 3.80. The van der Waals surface area contributed by atoms with Gasteiger partial charge in [-0.15, -0.1) is 11.3 Å². The van der Waals surface area contributed by atoms with Gasteiger partial charge >= 0.3 is 0 Å². The van der Waals surface area contributed by atoms with Gasteiger partial charge in [-0.05, 0) is 36.6 Å². The maximum Gasteiger partial charge on any atom is 0.138 e. The van der Waals surface area contributed by atoms with Crippen LogP contribution in [0, 0.1) is 11.3 Å². The second-order valence-electron chi connectivity index (χ2n) is 6.50. The summed E-state index contributed by atoms with van der Waals surface area (Å²) in [5.74, 6) is 0.873. The fourth-order valence-corrected chi connectivity index (χ4v) is 4.42. The fraction of sp³-hybridized carbons (Fsp3) is 0.316. The smallest absolute Gasteiger partial charge is 0.138 e. The van der Waals surface area contributed by atoms with Gasteiger partial charge in [-0.3, -0.25) is 4.90 Å². The number of nitriles is 1. The molecule has 1 aromatic carbocycles. The number of hydrogen-bond donors (Lipinski definition) is 1. The largest absolute Gasteiger partial charge is 0.367 e. The normalized spacial score (nSPS) is 15.8. The Balaban J connectivity index is 1.37. The summed E-state index contributed by atoms with van der Waals surface area (Å²) in [5.41, 5.74) is 1.92. The molecule has 3 heterocycles. The van der Waals surface area contributed by atoms with Gasteiger partial charge in [-0.2, -0.15) is 5.26 Å². The molecule has 26 heavy (non-hydrogen) atoms. The Morgan fingerprint density at radius 3 is 2.92 bits per heavy atom. The molecule has 1 aliphatic heterocycles. The third-order valence-electron chi connectivity index (χ3n) is 4.69. The molecule has 0 saturated carbocycles. The lowest BCUT2D eigenvalue weighted by Crippen LogP contribution is -2.38. The molecule has 5 nitrogen and oxygen atoms in total. The lowest BCUT2D eigenvalue weighted by molar-refractivity contribution is 0.211. The van der Waals surface area contributed by atoms with Gasteiger partial charge in [-0.1, -0.05) is 23.7 Å². The first kappa shape index (κ1) is 17.2. The molecule has 1 aliphatic rings. The van der Waals surface area contributed by atoms with Crippen LogP contribution in [0.15, 0.2) is 36.7 Å². The Bertz CT molecular complexity index is 956. The molecule has 0 atom stereocenters. The molecule has 0 radical (unpaired) electrons. The van der Waals surface area contributed by atoms with Crippen LogP contribution in [0.4, 0.5) is 5.82 Å². The minimum atomic E-state index is 0.397. The predicted octanol–water partition coefficient (Wildman–Crippen LogP) is 4.29. The predicted molar refractivity (Wildman–Crippen MR) is 106 cm³/mol. The summed E-state index contributed by atoms with van der Waals surface area (Å²) in [4.78, 5) is 12.0. The van der Waals surface area contributed by atoms with E-state index in [4.69, 9.17) is 16.9 Å². The number of benzene rings is 1. The lowest BCUT2D eigenvalue weighted by atomic mass is 10.0. The average Bonchev–Trinajstić information content (AvgIpc) is 3.05. The number of rotatable bonds is 4. The van der Waals surface area contributed by atoms with Gasteiger partial charge in [0, 0.05) is 25.7 Å². The molecule has 1 N–H and O–H groups in total. The van der Waals surface area contributed by atoms with Crippen LogP contribution in [0.2, 0.25) is 4.34 Å². The van der Waals surface area contributed by atoms with E-state index >= 15 is 0 Å².